The van der Waals surface area contributed by atoms with E-state index in [-0.39, 0.29) is 6.04 Å². The number of rotatable bonds is 0. The van der Waals surface area contributed by atoms with Crippen LogP contribution in [0.4, 0.5) is 0 Å². The Morgan fingerprint density at radius 3 is 3.00 bits per heavy atom. The highest BCUT2D eigenvalue weighted by Gasteiger charge is 2.18. The Hall–Kier alpha value is -1.59. The van der Waals surface area contributed by atoms with Gasteiger partial charge in [-0.1, -0.05) is 24.3 Å². The van der Waals surface area contributed by atoms with Gasteiger partial charge in [0, 0.05) is 6.04 Å². The van der Waals surface area contributed by atoms with E-state index in [9.17, 15) is 0 Å². The molecule has 1 aliphatic carbocycles. The molecule has 0 amide bonds. The van der Waals surface area contributed by atoms with Gasteiger partial charge in [-0.05, 0) is 29.5 Å². The van der Waals surface area contributed by atoms with Crippen molar-refractivity contribution >= 4 is 5.57 Å². The minimum atomic E-state index is 0.133. The van der Waals surface area contributed by atoms with E-state index in [1.165, 1.54) is 5.56 Å². The predicted octanol–water partition coefficient (Wildman–Crippen LogP) is 2.74. The minimum Gasteiger partial charge on any atom is -0.324 e. The van der Waals surface area contributed by atoms with Crippen LogP contribution in [0.1, 0.15) is 30.0 Å². The Labute approximate surface area is 83.9 Å². The molecular formula is C12H12N2. The van der Waals surface area contributed by atoms with Gasteiger partial charge in [-0.3, -0.25) is 0 Å². The molecule has 0 unspecified atom stereocenters. The molecule has 0 heterocycles. The second-order valence-corrected chi connectivity index (χ2v) is 3.52. The molecule has 2 N–H and O–H groups in total. The van der Waals surface area contributed by atoms with Crippen LogP contribution in [0.15, 0.2) is 30.5 Å². The number of allylic oxidation sites excluding steroid dienone is 1. The highest BCUT2D eigenvalue weighted by molar-refractivity contribution is 5.71. The Balaban J connectivity index is 2.53. The van der Waals surface area contributed by atoms with Crippen molar-refractivity contribution in [3.05, 3.63) is 53.0 Å². The van der Waals surface area contributed by atoms with Crippen molar-refractivity contribution in [2.75, 3.05) is 0 Å². The normalized spacial score (nSPS) is 22.9. The van der Waals surface area contributed by atoms with Crippen LogP contribution in [0.5, 0.6) is 0 Å². The van der Waals surface area contributed by atoms with E-state index in [4.69, 9.17) is 12.3 Å². The lowest BCUT2D eigenvalue weighted by Gasteiger charge is -2.24. The lowest BCUT2D eigenvalue weighted by atomic mass is 9.85. The number of nitrogens with two attached hydrogens (primary N) is 1. The quantitative estimate of drug-likeness (QED) is 0.617. The van der Waals surface area contributed by atoms with Gasteiger partial charge in [0.15, 0.2) is 6.20 Å². The topological polar surface area (TPSA) is 30.4 Å². The van der Waals surface area contributed by atoms with Crippen molar-refractivity contribution in [1.82, 2.24) is 0 Å². The van der Waals surface area contributed by atoms with Gasteiger partial charge in [0.2, 0.25) is 0 Å². The number of benzene rings is 1. The van der Waals surface area contributed by atoms with Gasteiger partial charge in [0.05, 0.1) is 6.57 Å². The SMILES string of the molecule is [C-]#[N+]/C=C1\CC[C@H](N)c2ccccc21. The van der Waals surface area contributed by atoms with Crippen molar-refractivity contribution in [1.29, 1.82) is 0 Å². The van der Waals surface area contributed by atoms with Gasteiger partial charge in [0.1, 0.15) is 0 Å². The van der Waals surface area contributed by atoms with Crippen LogP contribution in [0.2, 0.25) is 0 Å². The van der Waals surface area contributed by atoms with Gasteiger partial charge in [-0.15, -0.1) is 0 Å². The van der Waals surface area contributed by atoms with E-state index in [1.807, 2.05) is 18.2 Å². The van der Waals surface area contributed by atoms with Crippen LogP contribution < -0.4 is 5.73 Å². The first-order valence-electron chi connectivity index (χ1n) is 4.73. The van der Waals surface area contributed by atoms with E-state index in [1.54, 1.807) is 6.20 Å². The van der Waals surface area contributed by atoms with Crippen LogP contribution in [0.25, 0.3) is 10.4 Å². The predicted molar refractivity (Wildman–Crippen MR) is 57.2 cm³/mol. The molecular weight excluding hydrogens is 172 g/mol. The average molecular weight is 184 g/mol. The summed E-state index contributed by atoms with van der Waals surface area (Å²) in [5, 5.41) is 0. The molecule has 1 aromatic carbocycles. The van der Waals surface area contributed by atoms with Crippen molar-refractivity contribution in [2.24, 2.45) is 5.73 Å². The smallest absolute Gasteiger partial charge is 0.157 e. The summed E-state index contributed by atoms with van der Waals surface area (Å²) in [5.74, 6) is 0. The lowest BCUT2D eigenvalue weighted by molar-refractivity contribution is 0.646. The summed E-state index contributed by atoms with van der Waals surface area (Å²) in [7, 11) is 0. The van der Waals surface area contributed by atoms with Gasteiger partial charge in [-0.25, -0.2) is 4.85 Å². The second kappa shape index (κ2) is 3.65. The number of hydrogen-bond acceptors (Lipinski definition) is 1. The molecule has 0 bridgehead atoms. The third kappa shape index (κ3) is 1.43. The maximum Gasteiger partial charge on any atom is 0.157 e. The van der Waals surface area contributed by atoms with E-state index in [0.717, 1.165) is 24.0 Å². The zero-order chi connectivity index (χ0) is 9.97. The largest absolute Gasteiger partial charge is 0.324 e. The fraction of sp³-hybridized carbons (Fsp3) is 0.250. The minimum absolute atomic E-state index is 0.133. The maximum absolute atomic E-state index is 6.85. The number of fused-ring (bicyclic) bond motifs is 1. The van der Waals surface area contributed by atoms with Crippen LogP contribution in [-0.4, -0.2) is 0 Å². The third-order valence-corrected chi connectivity index (χ3v) is 2.65. The molecule has 0 aromatic heterocycles. The van der Waals surface area contributed by atoms with Crippen molar-refractivity contribution in [3.8, 4) is 0 Å². The third-order valence-electron chi connectivity index (χ3n) is 2.65. The van der Waals surface area contributed by atoms with Gasteiger partial charge in [0.25, 0.3) is 0 Å². The van der Waals surface area contributed by atoms with E-state index in [0.29, 0.717) is 0 Å². The van der Waals surface area contributed by atoms with Crippen molar-refractivity contribution in [3.63, 3.8) is 0 Å². The summed E-state index contributed by atoms with van der Waals surface area (Å²) in [6, 6.07) is 8.23. The first-order valence-corrected chi connectivity index (χ1v) is 4.73. The average Bonchev–Trinajstić information content (AvgIpc) is 2.23. The first kappa shape index (κ1) is 8.98. The Morgan fingerprint density at radius 1 is 1.43 bits per heavy atom. The summed E-state index contributed by atoms with van der Waals surface area (Å²) >= 11 is 0. The first-order chi connectivity index (χ1) is 6.83. The number of nitrogens with zero attached hydrogens (tertiary/aromatic N) is 1. The summed E-state index contributed by atoms with van der Waals surface area (Å²) < 4.78 is 0. The monoisotopic (exact) mass is 184 g/mol. The Morgan fingerprint density at radius 2 is 2.21 bits per heavy atom. The fourth-order valence-corrected chi connectivity index (χ4v) is 1.93. The second-order valence-electron chi connectivity index (χ2n) is 3.52. The molecule has 0 radical (unpaired) electrons. The standard InChI is InChI=1S/C12H12N2/c1-14-8-9-6-7-12(13)11-5-3-2-4-10(9)11/h2-5,8,12H,6-7,13H2/b9-8+/t12-/m0/s1. The van der Waals surface area contributed by atoms with Gasteiger partial charge < -0.3 is 5.73 Å². The highest BCUT2D eigenvalue weighted by Crippen LogP contribution is 2.35. The van der Waals surface area contributed by atoms with E-state index in [2.05, 4.69) is 10.9 Å². The zero-order valence-electron chi connectivity index (χ0n) is 7.90. The molecule has 2 rings (SSSR count). The Kier molecular flexibility index (Phi) is 2.34. The zero-order valence-corrected chi connectivity index (χ0v) is 7.90. The molecule has 0 spiro atoms. The Bertz CT molecular complexity index is 413. The van der Waals surface area contributed by atoms with Crippen LogP contribution in [-0.2, 0) is 0 Å². The summed E-state index contributed by atoms with van der Waals surface area (Å²) in [6.45, 7) is 6.85. The lowest BCUT2D eigenvalue weighted by Crippen LogP contribution is -2.16. The molecule has 2 nitrogen and oxygen atoms in total. The van der Waals surface area contributed by atoms with Crippen molar-refractivity contribution < 1.29 is 0 Å². The molecule has 0 saturated carbocycles. The maximum atomic E-state index is 6.85. The molecule has 1 atom stereocenters. The van der Waals surface area contributed by atoms with Crippen LogP contribution in [0, 0.1) is 6.57 Å². The fourth-order valence-electron chi connectivity index (χ4n) is 1.93. The van der Waals surface area contributed by atoms with E-state index < -0.39 is 0 Å². The molecule has 2 heteroatoms. The summed E-state index contributed by atoms with van der Waals surface area (Å²) in [4.78, 5) is 3.33. The molecule has 0 fully saturated rings. The molecule has 0 saturated heterocycles. The van der Waals surface area contributed by atoms with E-state index >= 15 is 0 Å². The summed E-state index contributed by atoms with van der Waals surface area (Å²) in [6.07, 6.45) is 3.48. The molecule has 14 heavy (non-hydrogen) atoms. The van der Waals surface area contributed by atoms with Crippen LogP contribution >= 0.6 is 0 Å². The van der Waals surface area contributed by atoms with Gasteiger partial charge in [-0.2, -0.15) is 0 Å². The molecule has 0 aliphatic heterocycles. The molecule has 1 aromatic rings. The number of hydrogen-bond donors (Lipinski definition) is 1. The summed E-state index contributed by atoms with van der Waals surface area (Å²) in [5.41, 5.74) is 9.45. The molecule has 70 valence electrons. The van der Waals surface area contributed by atoms with Crippen LogP contribution in [0.3, 0.4) is 0 Å². The van der Waals surface area contributed by atoms with Crippen molar-refractivity contribution in [2.45, 2.75) is 18.9 Å². The molecule has 1 aliphatic rings. The van der Waals surface area contributed by atoms with Gasteiger partial charge >= 0.3 is 0 Å². The highest BCUT2D eigenvalue weighted by atomic mass is 14.6.